The summed E-state index contributed by atoms with van der Waals surface area (Å²) in [6.07, 6.45) is 2.38. The molecular weight excluding hydrogens is 467 g/mol. The molecule has 2 N–H and O–H groups in total. The minimum absolute atomic E-state index is 0. The van der Waals surface area contributed by atoms with Crippen molar-refractivity contribution in [3.63, 3.8) is 0 Å². The van der Waals surface area contributed by atoms with E-state index in [0.717, 1.165) is 29.8 Å². The van der Waals surface area contributed by atoms with Gasteiger partial charge in [0.05, 0.1) is 17.7 Å². The predicted octanol–water partition coefficient (Wildman–Crippen LogP) is 4.51. The molecule has 4 nitrogen and oxygen atoms in total. The van der Waals surface area contributed by atoms with Crippen LogP contribution in [0.4, 0.5) is 0 Å². The van der Waals surface area contributed by atoms with Gasteiger partial charge in [-0.2, -0.15) is 0 Å². The summed E-state index contributed by atoms with van der Waals surface area (Å²) in [6, 6.07) is 8.22. The van der Waals surface area contributed by atoms with Gasteiger partial charge in [-0.25, -0.2) is 9.98 Å². The third kappa shape index (κ3) is 5.31. The van der Waals surface area contributed by atoms with E-state index in [1.165, 1.54) is 23.3 Å². The van der Waals surface area contributed by atoms with Crippen molar-refractivity contribution in [1.29, 1.82) is 0 Å². The highest BCUT2D eigenvalue weighted by atomic mass is 127. The van der Waals surface area contributed by atoms with Crippen LogP contribution in [-0.2, 0) is 12.0 Å². The molecule has 7 heteroatoms. The fourth-order valence-electron chi connectivity index (χ4n) is 2.76. The molecule has 0 unspecified atom stereocenters. The quantitative estimate of drug-likeness (QED) is 0.356. The Morgan fingerprint density at radius 2 is 2.16 bits per heavy atom. The highest BCUT2D eigenvalue weighted by Crippen LogP contribution is 2.48. The number of thiazole rings is 1. The maximum Gasteiger partial charge on any atom is 0.191 e. The lowest BCUT2D eigenvalue weighted by molar-refractivity contribution is 0.646. The summed E-state index contributed by atoms with van der Waals surface area (Å²) in [5.74, 6) is 0.860. The van der Waals surface area contributed by atoms with Crippen LogP contribution in [0.5, 0.6) is 0 Å². The third-order valence-corrected chi connectivity index (χ3v) is 5.61. The number of hydrogen-bond donors (Lipinski definition) is 2. The number of aryl methyl sites for hydroxylation is 1. The molecule has 0 radical (unpaired) electrons. The van der Waals surface area contributed by atoms with Gasteiger partial charge < -0.3 is 10.6 Å². The van der Waals surface area contributed by atoms with Gasteiger partial charge in [0.2, 0.25) is 0 Å². The van der Waals surface area contributed by atoms with Crippen molar-refractivity contribution in [2.45, 2.75) is 38.6 Å². The molecular formula is C18H24ClIN4S. The summed E-state index contributed by atoms with van der Waals surface area (Å²) in [5.41, 5.74) is 4.45. The summed E-state index contributed by atoms with van der Waals surface area (Å²) >= 11 is 7.81. The van der Waals surface area contributed by atoms with Crippen LogP contribution in [0.3, 0.4) is 0 Å². The van der Waals surface area contributed by atoms with E-state index in [1.54, 1.807) is 11.3 Å². The van der Waals surface area contributed by atoms with E-state index in [1.807, 2.05) is 24.6 Å². The van der Waals surface area contributed by atoms with Gasteiger partial charge in [0.15, 0.2) is 5.96 Å². The highest BCUT2D eigenvalue weighted by molar-refractivity contribution is 14.0. The Labute approximate surface area is 175 Å². The van der Waals surface area contributed by atoms with E-state index in [-0.39, 0.29) is 29.4 Å². The summed E-state index contributed by atoms with van der Waals surface area (Å²) in [4.78, 5) is 10.2. The SMILES string of the molecule is CCNC(=NCc1scnc1C)NCC1(c2cccc(Cl)c2)CC1.I. The van der Waals surface area contributed by atoms with Crippen molar-refractivity contribution in [3.05, 3.63) is 50.9 Å². The van der Waals surface area contributed by atoms with Gasteiger partial charge in [0.1, 0.15) is 0 Å². The lowest BCUT2D eigenvalue weighted by Gasteiger charge is -2.19. The van der Waals surface area contributed by atoms with E-state index in [2.05, 4.69) is 34.7 Å². The van der Waals surface area contributed by atoms with E-state index < -0.39 is 0 Å². The second-order valence-electron chi connectivity index (χ2n) is 6.20. The summed E-state index contributed by atoms with van der Waals surface area (Å²) < 4.78 is 0. The molecule has 1 aliphatic rings. The first-order valence-corrected chi connectivity index (χ1v) is 9.56. The predicted molar refractivity (Wildman–Crippen MR) is 117 cm³/mol. The number of guanidine groups is 1. The molecule has 1 saturated carbocycles. The van der Waals surface area contributed by atoms with Crippen LogP contribution in [0.1, 0.15) is 35.9 Å². The van der Waals surface area contributed by atoms with Gasteiger partial charge in [-0.15, -0.1) is 35.3 Å². The molecule has 0 aliphatic heterocycles. The summed E-state index contributed by atoms with van der Waals surface area (Å²) in [7, 11) is 0. The number of hydrogen-bond acceptors (Lipinski definition) is 3. The number of aliphatic imine (C=N–C) groups is 1. The molecule has 1 heterocycles. The molecule has 0 amide bonds. The van der Waals surface area contributed by atoms with Crippen molar-refractivity contribution >= 4 is 52.9 Å². The fourth-order valence-corrected chi connectivity index (χ4v) is 3.65. The summed E-state index contributed by atoms with van der Waals surface area (Å²) in [6.45, 7) is 6.49. The Kier molecular flexibility index (Phi) is 7.51. The van der Waals surface area contributed by atoms with Gasteiger partial charge in [-0.05, 0) is 44.4 Å². The number of aromatic nitrogens is 1. The first-order chi connectivity index (χ1) is 11.6. The Bertz CT molecular complexity index is 727. The maximum atomic E-state index is 6.15. The standard InChI is InChI=1S/C18H23ClN4S.HI/c1-3-20-17(21-10-16-13(2)23-12-24-16)22-11-18(7-8-18)14-5-4-6-15(19)9-14;/h4-6,9,12H,3,7-8,10-11H2,1-2H3,(H2,20,21,22);1H. The number of nitrogens with one attached hydrogen (secondary N) is 2. The van der Waals surface area contributed by atoms with Gasteiger partial charge in [-0.1, -0.05) is 23.7 Å². The molecule has 1 fully saturated rings. The van der Waals surface area contributed by atoms with Crippen LogP contribution in [0.2, 0.25) is 5.02 Å². The molecule has 136 valence electrons. The minimum atomic E-state index is 0. The molecule has 25 heavy (non-hydrogen) atoms. The molecule has 1 aromatic heterocycles. The van der Waals surface area contributed by atoms with E-state index in [4.69, 9.17) is 16.6 Å². The molecule has 2 aromatic rings. The Morgan fingerprint density at radius 1 is 1.36 bits per heavy atom. The molecule has 1 aromatic carbocycles. The van der Waals surface area contributed by atoms with E-state index in [0.29, 0.717) is 6.54 Å². The third-order valence-electron chi connectivity index (χ3n) is 4.45. The van der Waals surface area contributed by atoms with Gasteiger partial charge in [0.25, 0.3) is 0 Å². The second kappa shape index (κ2) is 9.19. The molecule has 3 rings (SSSR count). The highest BCUT2D eigenvalue weighted by Gasteiger charge is 2.44. The first kappa shape index (κ1) is 20.5. The lowest BCUT2D eigenvalue weighted by atomic mass is 9.96. The van der Waals surface area contributed by atoms with Crippen LogP contribution in [0, 0.1) is 6.92 Å². The number of benzene rings is 1. The first-order valence-electron chi connectivity index (χ1n) is 8.30. The van der Waals surface area contributed by atoms with Crippen molar-refractivity contribution in [2.24, 2.45) is 4.99 Å². The fraction of sp³-hybridized carbons (Fsp3) is 0.444. The van der Waals surface area contributed by atoms with Crippen LogP contribution in [-0.4, -0.2) is 24.0 Å². The minimum Gasteiger partial charge on any atom is -0.357 e. The topological polar surface area (TPSA) is 49.3 Å². The Balaban J connectivity index is 0.00000225. The summed E-state index contributed by atoms with van der Waals surface area (Å²) in [5, 5.41) is 7.63. The maximum absolute atomic E-state index is 6.15. The molecule has 0 spiro atoms. The number of halogens is 2. The lowest BCUT2D eigenvalue weighted by Crippen LogP contribution is -2.41. The molecule has 0 bridgehead atoms. The van der Waals surface area contributed by atoms with Crippen molar-refractivity contribution in [1.82, 2.24) is 15.6 Å². The monoisotopic (exact) mass is 490 g/mol. The second-order valence-corrected chi connectivity index (χ2v) is 7.58. The van der Waals surface area contributed by atoms with Crippen LogP contribution < -0.4 is 10.6 Å². The van der Waals surface area contributed by atoms with Crippen LogP contribution in [0.25, 0.3) is 0 Å². The Morgan fingerprint density at radius 3 is 2.76 bits per heavy atom. The molecule has 0 atom stereocenters. The van der Waals surface area contributed by atoms with Gasteiger partial charge in [0, 0.05) is 28.4 Å². The molecule has 0 saturated heterocycles. The zero-order chi connectivity index (χ0) is 17.0. The number of rotatable bonds is 6. The van der Waals surface area contributed by atoms with Crippen LogP contribution >= 0.6 is 46.9 Å². The average Bonchev–Trinajstić information content (AvgIpc) is 3.26. The Hall–Kier alpha value is -0.860. The normalized spacial score (nSPS) is 15.4. The van der Waals surface area contributed by atoms with Crippen molar-refractivity contribution in [2.75, 3.05) is 13.1 Å². The zero-order valence-corrected chi connectivity index (χ0v) is 18.4. The largest absolute Gasteiger partial charge is 0.357 e. The zero-order valence-electron chi connectivity index (χ0n) is 14.5. The van der Waals surface area contributed by atoms with E-state index in [9.17, 15) is 0 Å². The van der Waals surface area contributed by atoms with Gasteiger partial charge >= 0.3 is 0 Å². The molecule has 1 aliphatic carbocycles. The van der Waals surface area contributed by atoms with Gasteiger partial charge in [-0.3, -0.25) is 0 Å². The van der Waals surface area contributed by atoms with Crippen molar-refractivity contribution < 1.29 is 0 Å². The van der Waals surface area contributed by atoms with E-state index >= 15 is 0 Å². The average molecular weight is 491 g/mol. The number of nitrogens with zero attached hydrogens (tertiary/aromatic N) is 2. The van der Waals surface area contributed by atoms with Crippen LogP contribution in [0.15, 0.2) is 34.8 Å². The smallest absolute Gasteiger partial charge is 0.191 e. The van der Waals surface area contributed by atoms with Crippen molar-refractivity contribution in [3.8, 4) is 0 Å².